The van der Waals surface area contributed by atoms with Gasteiger partial charge in [0, 0.05) is 56.3 Å². The molecule has 0 saturated carbocycles. The number of nitrogens with one attached hydrogen (secondary N) is 1. The molecule has 3 aromatic rings. The van der Waals surface area contributed by atoms with Crippen LogP contribution in [-0.4, -0.2) is 96.9 Å². The van der Waals surface area contributed by atoms with Crippen molar-refractivity contribution in [1.82, 2.24) is 19.4 Å². The summed E-state index contributed by atoms with van der Waals surface area (Å²) in [6.07, 6.45) is 3.02. The van der Waals surface area contributed by atoms with Crippen molar-refractivity contribution in [3.05, 3.63) is 63.5 Å². The van der Waals surface area contributed by atoms with Crippen molar-refractivity contribution in [2.24, 2.45) is 5.92 Å². The van der Waals surface area contributed by atoms with Crippen LogP contribution in [0.2, 0.25) is 0 Å². The fraction of sp³-hybridized carbons (Fsp3) is 0.650. The number of piperidine rings is 1. The summed E-state index contributed by atoms with van der Waals surface area (Å²) >= 11 is 0. The number of carbonyl (C=O) groups excluding carboxylic acids is 1. The van der Waals surface area contributed by atoms with Crippen LogP contribution in [0.15, 0.2) is 35.4 Å². The van der Waals surface area contributed by atoms with Crippen molar-refractivity contribution in [3.8, 4) is 0 Å². The molecule has 6 rings (SSSR count). The van der Waals surface area contributed by atoms with E-state index in [2.05, 4.69) is 15.3 Å². The zero-order valence-electron chi connectivity index (χ0n) is 33.1. The third-order valence-corrected chi connectivity index (χ3v) is 12.6. The number of fused-ring (bicyclic) bond motifs is 1. The van der Waals surface area contributed by atoms with E-state index in [0.717, 1.165) is 18.9 Å². The Labute approximate surface area is 331 Å². The highest BCUT2D eigenvalue weighted by Crippen LogP contribution is 2.44. The first-order valence-corrected chi connectivity index (χ1v) is 21.7. The SMILES string of the molecule is C[C@@H](Nc1ncnc2c1cc(C1CCS(=O)(=O)CC1)c(=O)n2CCCOCCCC1OCCO1)c1cccc(C(F)(F)C2CCN(C(=O)OC(C)(C)C)CC2)c1F. The molecule has 0 radical (unpaired) electrons. The van der Waals surface area contributed by atoms with Crippen LogP contribution in [0.1, 0.15) is 101 Å². The quantitative estimate of drug-likeness (QED) is 0.173. The average Bonchev–Trinajstić information content (AvgIpc) is 3.68. The second-order valence-electron chi connectivity index (χ2n) is 16.2. The van der Waals surface area contributed by atoms with Gasteiger partial charge in [-0.1, -0.05) is 18.2 Å². The summed E-state index contributed by atoms with van der Waals surface area (Å²) in [7, 11) is -3.20. The lowest BCUT2D eigenvalue weighted by Crippen LogP contribution is -2.44. The molecule has 57 heavy (non-hydrogen) atoms. The first-order valence-electron chi connectivity index (χ1n) is 19.8. The highest BCUT2D eigenvalue weighted by atomic mass is 32.2. The van der Waals surface area contributed by atoms with E-state index >= 15 is 13.2 Å². The van der Waals surface area contributed by atoms with Crippen LogP contribution in [0.4, 0.5) is 23.8 Å². The number of halogens is 3. The molecule has 1 amide bonds. The van der Waals surface area contributed by atoms with Gasteiger partial charge >= 0.3 is 6.09 Å². The van der Waals surface area contributed by atoms with Gasteiger partial charge in [-0.25, -0.2) is 36.4 Å². The summed E-state index contributed by atoms with van der Waals surface area (Å²) in [5.74, 6) is -5.85. The number of rotatable bonds is 14. The highest BCUT2D eigenvalue weighted by Gasteiger charge is 2.46. The molecule has 1 N–H and O–H groups in total. The van der Waals surface area contributed by atoms with E-state index in [1.54, 1.807) is 38.3 Å². The van der Waals surface area contributed by atoms with Crippen molar-refractivity contribution in [3.63, 3.8) is 0 Å². The number of nitrogens with zero attached hydrogens (tertiary/aromatic N) is 4. The number of anilines is 1. The number of likely N-dealkylation sites (tertiary alicyclic amines) is 1. The van der Waals surface area contributed by atoms with E-state index in [4.69, 9.17) is 18.9 Å². The molecule has 17 heteroatoms. The number of hydrogen-bond acceptors (Lipinski definition) is 11. The Kier molecular flexibility index (Phi) is 13.5. The Bertz CT molecular complexity index is 2030. The first kappa shape index (κ1) is 42.8. The van der Waals surface area contributed by atoms with Crippen LogP contribution in [0.5, 0.6) is 0 Å². The van der Waals surface area contributed by atoms with Crippen molar-refractivity contribution in [2.45, 2.75) is 109 Å². The number of amides is 1. The molecule has 0 aliphatic carbocycles. The molecule has 0 bridgehead atoms. The van der Waals surface area contributed by atoms with Gasteiger partial charge in [0.25, 0.3) is 11.5 Å². The molecule has 1 aromatic carbocycles. The lowest BCUT2D eigenvalue weighted by Gasteiger charge is -2.37. The molecule has 13 nitrogen and oxygen atoms in total. The number of benzene rings is 1. The van der Waals surface area contributed by atoms with E-state index in [-0.39, 0.29) is 73.1 Å². The number of aryl methyl sites for hydroxylation is 1. The lowest BCUT2D eigenvalue weighted by atomic mass is 9.85. The Morgan fingerprint density at radius 2 is 1.72 bits per heavy atom. The van der Waals surface area contributed by atoms with Crippen LogP contribution >= 0.6 is 0 Å². The molecular weight excluding hydrogens is 768 g/mol. The van der Waals surface area contributed by atoms with E-state index in [1.807, 2.05) is 0 Å². The Morgan fingerprint density at radius 1 is 1.04 bits per heavy atom. The molecule has 1 atom stereocenters. The summed E-state index contributed by atoms with van der Waals surface area (Å²) in [4.78, 5) is 36.9. The van der Waals surface area contributed by atoms with E-state index in [0.29, 0.717) is 62.3 Å². The van der Waals surface area contributed by atoms with Gasteiger partial charge in [-0.3, -0.25) is 9.36 Å². The van der Waals surface area contributed by atoms with Crippen LogP contribution in [0.25, 0.3) is 11.0 Å². The van der Waals surface area contributed by atoms with Crippen LogP contribution in [-0.2, 0) is 41.3 Å². The average molecular weight is 822 g/mol. The second kappa shape index (κ2) is 18.0. The number of aromatic nitrogens is 3. The normalized spacial score (nSPS) is 19.2. The molecule has 3 aliphatic rings. The van der Waals surface area contributed by atoms with E-state index in [1.165, 1.54) is 23.4 Å². The minimum Gasteiger partial charge on any atom is -0.444 e. The number of hydrogen-bond donors (Lipinski definition) is 1. The minimum atomic E-state index is -3.51. The number of pyridine rings is 1. The zero-order valence-corrected chi connectivity index (χ0v) is 33.9. The van der Waals surface area contributed by atoms with Crippen molar-refractivity contribution in [2.75, 3.05) is 56.3 Å². The Morgan fingerprint density at radius 3 is 2.40 bits per heavy atom. The summed E-state index contributed by atoms with van der Waals surface area (Å²) < 4.78 is 96.6. The van der Waals surface area contributed by atoms with Crippen molar-refractivity contribution >= 4 is 32.8 Å². The minimum absolute atomic E-state index is 0.000588. The van der Waals surface area contributed by atoms with E-state index in [9.17, 15) is 18.0 Å². The molecule has 2 aromatic heterocycles. The summed E-state index contributed by atoms with van der Waals surface area (Å²) in [5.41, 5.74) is -0.957. The maximum Gasteiger partial charge on any atom is 0.410 e. The number of sulfone groups is 1. The fourth-order valence-corrected chi connectivity index (χ4v) is 9.26. The first-order chi connectivity index (χ1) is 27.0. The Hall–Kier alpha value is -3.80. The van der Waals surface area contributed by atoms with Gasteiger partial charge in [0.15, 0.2) is 6.29 Å². The largest absolute Gasteiger partial charge is 0.444 e. The van der Waals surface area contributed by atoms with Gasteiger partial charge in [-0.2, -0.15) is 0 Å². The van der Waals surface area contributed by atoms with Crippen LogP contribution < -0.4 is 10.9 Å². The standard InChI is InChI=1S/C40H54F3N5O8S/c1-26(29-8-5-9-32(34(29)41)40(42,43)28-11-16-47(17-12-28)38(50)56-39(2,3)4)46-35-31-24-30(27-13-22-57(51,52)23-14-27)37(49)48(36(31)45-25-44-35)15-7-19-53-18-6-10-33-54-20-21-55-33/h5,8-9,24-28,33H,6-7,10-23H2,1-4H3,(H,44,45,46)/t26-/m1/s1. The maximum absolute atomic E-state index is 16.2. The van der Waals surface area contributed by atoms with Gasteiger partial charge < -0.3 is 29.2 Å². The molecular formula is C40H54F3N5O8S. The summed E-state index contributed by atoms with van der Waals surface area (Å²) in [6.45, 7) is 9.30. The van der Waals surface area contributed by atoms with Crippen LogP contribution in [0.3, 0.4) is 0 Å². The predicted molar refractivity (Wildman–Crippen MR) is 208 cm³/mol. The number of carbonyl (C=O) groups is 1. The zero-order chi connectivity index (χ0) is 41.0. The molecule has 0 unspecified atom stereocenters. The van der Waals surface area contributed by atoms with E-state index < -0.39 is 50.8 Å². The van der Waals surface area contributed by atoms with Gasteiger partial charge in [-0.05, 0) is 78.2 Å². The van der Waals surface area contributed by atoms with Crippen LogP contribution in [0, 0.1) is 11.7 Å². The van der Waals surface area contributed by atoms with Gasteiger partial charge in [-0.15, -0.1) is 0 Å². The van der Waals surface area contributed by atoms with Gasteiger partial charge in [0.05, 0.1) is 41.7 Å². The summed E-state index contributed by atoms with van der Waals surface area (Å²) in [5, 5.41) is 3.65. The smallest absolute Gasteiger partial charge is 0.410 e. The number of alkyl halides is 2. The van der Waals surface area contributed by atoms with Crippen molar-refractivity contribution < 1.29 is 45.3 Å². The molecule has 3 fully saturated rings. The summed E-state index contributed by atoms with van der Waals surface area (Å²) in [6, 6.07) is 4.78. The highest BCUT2D eigenvalue weighted by molar-refractivity contribution is 7.91. The molecule has 314 valence electrons. The molecule has 5 heterocycles. The van der Waals surface area contributed by atoms with Gasteiger partial charge in [0.1, 0.15) is 39.0 Å². The third-order valence-electron chi connectivity index (χ3n) is 10.9. The second-order valence-corrected chi connectivity index (χ2v) is 18.5. The number of ether oxygens (including phenoxy) is 4. The molecule has 0 spiro atoms. The maximum atomic E-state index is 16.2. The third kappa shape index (κ3) is 10.4. The van der Waals surface area contributed by atoms with Gasteiger partial charge in [0.2, 0.25) is 0 Å². The topological polar surface area (TPSA) is 151 Å². The monoisotopic (exact) mass is 821 g/mol. The molecule has 3 aliphatic heterocycles. The lowest BCUT2D eigenvalue weighted by molar-refractivity contribution is -0.0885. The Balaban J connectivity index is 1.20. The fourth-order valence-electron chi connectivity index (χ4n) is 7.77. The predicted octanol–water partition coefficient (Wildman–Crippen LogP) is 6.69. The van der Waals surface area contributed by atoms with Crippen molar-refractivity contribution in [1.29, 1.82) is 0 Å². The molecule has 3 saturated heterocycles.